The van der Waals surface area contributed by atoms with Gasteiger partial charge >= 0.3 is 0 Å². The molecule has 2 unspecified atom stereocenters. The van der Waals surface area contributed by atoms with Crippen molar-refractivity contribution in [2.45, 2.75) is 31.9 Å². The Morgan fingerprint density at radius 1 is 1.25 bits per heavy atom. The molecule has 2 heterocycles. The number of hydrogen-bond acceptors (Lipinski definition) is 3. The quantitative estimate of drug-likeness (QED) is 0.919. The second-order valence-electron chi connectivity index (χ2n) is 5.17. The fraction of sp³-hybridized carbons (Fsp3) is 0.353. The highest BCUT2D eigenvalue weighted by molar-refractivity contribution is 5.39. The van der Waals surface area contributed by atoms with Gasteiger partial charge in [-0.1, -0.05) is 31.2 Å². The molecule has 0 saturated carbocycles. The van der Waals surface area contributed by atoms with Gasteiger partial charge in [-0.05, 0) is 25.1 Å². The fourth-order valence-corrected chi connectivity index (χ4v) is 2.70. The standard InChI is InChI=1S/C17H20N2O/c1-2-9-19-15-11-17(13-6-5-10-18-12-13)20-16-8-4-3-7-14(15)16/h3-8,10,12,15,17,19H,2,9,11H2,1H3. The molecule has 20 heavy (non-hydrogen) atoms. The number of aromatic nitrogens is 1. The Kier molecular flexibility index (Phi) is 3.97. The van der Waals surface area contributed by atoms with E-state index >= 15 is 0 Å². The summed E-state index contributed by atoms with van der Waals surface area (Å²) in [6, 6.07) is 12.7. The lowest BCUT2D eigenvalue weighted by atomic mass is 9.93. The molecular weight excluding hydrogens is 248 g/mol. The molecule has 1 aromatic heterocycles. The van der Waals surface area contributed by atoms with Crippen LogP contribution in [0.5, 0.6) is 5.75 Å². The summed E-state index contributed by atoms with van der Waals surface area (Å²) in [5, 5.41) is 3.63. The average molecular weight is 268 g/mol. The predicted molar refractivity (Wildman–Crippen MR) is 79.7 cm³/mol. The highest BCUT2D eigenvalue weighted by Gasteiger charge is 2.28. The summed E-state index contributed by atoms with van der Waals surface area (Å²) in [7, 11) is 0. The normalized spacial score (nSPS) is 21.1. The van der Waals surface area contributed by atoms with E-state index in [0.29, 0.717) is 6.04 Å². The number of nitrogens with one attached hydrogen (secondary N) is 1. The first-order chi connectivity index (χ1) is 9.88. The molecule has 1 aliphatic heterocycles. The first-order valence-corrected chi connectivity index (χ1v) is 7.27. The van der Waals surface area contributed by atoms with Gasteiger partial charge in [-0.3, -0.25) is 4.98 Å². The van der Waals surface area contributed by atoms with Gasteiger partial charge in [0.1, 0.15) is 11.9 Å². The second-order valence-corrected chi connectivity index (χ2v) is 5.17. The largest absolute Gasteiger partial charge is 0.485 e. The molecule has 104 valence electrons. The van der Waals surface area contributed by atoms with Gasteiger partial charge in [0.15, 0.2) is 0 Å². The molecule has 0 radical (unpaired) electrons. The lowest BCUT2D eigenvalue weighted by Gasteiger charge is -2.33. The molecule has 0 saturated heterocycles. The van der Waals surface area contributed by atoms with Gasteiger partial charge in [-0.2, -0.15) is 0 Å². The van der Waals surface area contributed by atoms with Gasteiger partial charge in [0.05, 0.1) is 0 Å². The van der Waals surface area contributed by atoms with E-state index in [-0.39, 0.29) is 6.10 Å². The molecule has 0 amide bonds. The van der Waals surface area contributed by atoms with Crippen LogP contribution in [0.25, 0.3) is 0 Å². The third kappa shape index (κ3) is 2.68. The summed E-state index contributed by atoms with van der Waals surface area (Å²) in [5.74, 6) is 0.987. The Labute approximate surface area is 120 Å². The Morgan fingerprint density at radius 2 is 2.15 bits per heavy atom. The first-order valence-electron chi connectivity index (χ1n) is 7.27. The van der Waals surface area contributed by atoms with Crippen molar-refractivity contribution in [2.24, 2.45) is 0 Å². The van der Waals surface area contributed by atoms with Crippen molar-refractivity contribution < 1.29 is 4.74 Å². The van der Waals surface area contributed by atoms with Gasteiger partial charge in [0.2, 0.25) is 0 Å². The van der Waals surface area contributed by atoms with E-state index in [0.717, 1.165) is 30.7 Å². The summed E-state index contributed by atoms with van der Waals surface area (Å²) in [6.45, 7) is 3.22. The van der Waals surface area contributed by atoms with Crippen molar-refractivity contribution in [1.29, 1.82) is 0 Å². The third-order valence-corrected chi connectivity index (χ3v) is 3.71. The van der Waals surface area contributed by atoms with Crippen LogP contribution in [0.3, 0.4) is 0 Å². The lowest BCUT2D eigenvalue weighted by molar-refractivity contribution is 0.151. The SMILES string of the molecule is CCCNC1CC(c2cccnc2)Oc2ccccc21. The van der Waals surface area contributed by atoms with Crippen molar-refractivity contribution in [3.63, 3.8) is 0 Å². The van der Waals surface area contributed by atoms with Crippen LogP contribution in [-0.2, 0) is 0 Å². The Bertz CT molecular complexity index is 556. The smallest absolute Gasteiger partial charge is 0.127 e. The number of benzene rings is 1. The van der Waals surface area contributed by atoms with Crippen LogP contribution < -0.4 is 10.1 Å². The van der Waals surface area contributed by atoms with Crippen LogP contribution in [0.4, 0.5) is 0 Å². The van der Waals surface area contributed by atoms with Crippen molar-refractivity contribution in [2.75, 3.05) is 6.54 Å². The molecule has 0 fully saturated rings. The predicted octanol–water partition coefficient (Wildman–Crippen LogP) is 3.65. The molecule has 3 heteroatoms. The van der Waals surface area contributed by atoms with E-state index in [9.17, 15) is 0 Å². The van der Waals surface area contributed by atoms with Crippen LogP contribution in [-0.4, -0.2) is 11.5 Å². The topological polar surface area (TPSA) is 34.2 Å². The molecule has 1 aliphatic rings. The fourth-order valence-electron chi connectivity index (χ4n) is 2.70. The summed E-state index contributed by atoms with van der Waals surface area (Å²) < 4.78 is 6.15. The van der Waals surface area contributed by atoms with E-state index in [1.807, 2.05) is 18.3 Å². The number of rotatable bonds is 4. The highest BCUT2D eigenvalue weighted by atomic mass is 16.5. The lowest BCUT2D eigenvalue weighted by Crippen LogP contribution is -2.29. The maximum atomic E-state index is 6.15. The van der Waals surface area contributed by atoms with Crippen LogP contribution in [0.15, 0.2) is 48.8 Å². The maximum Gasteiger partial charge on any atom is 0.127 e. The van der Waals surface area contributed by atoms with Crippen molar-refractivity contribution in [3.8, 4) is 5.75 Å². The molecule has 2 aromatic rings. The zero-order chi connectivity index (χ0) is 13.8. The summed E-state index contributed by atoms with van der Waals surface area (Å²) >= 11 is 0. The number of pyridine rings is 1. The number of fused-ring (bicyclic) bond motifs is 1. The summed E-state index contributed by atoms with van der Waals surface area (Å²) in [5.41, 5.74) is 2.41. The Morgan fingerprint density at radius 3 is 2.95 bits per heavy atom. The minimum Gasteiger partial charge on any atom is -0.485 e. The van der Waals surface area contributed by atoms with Crippen LogP contribution in [0, 0.1) is 0 Å². The van der Waals surface area contributed by atoms with E-state index in [4.69, 9.17) is 4.74 Å². The minimum atomic E-state index is 0.0768. The first kappa shape index (κ1) is 13.1. The van der Waals surface area contributed by atoms with Crippen molar-refractivity contribution in [1.82, 2.24) is 10.3 Å². The van der Waals surface area contributed by atoms with Gasteiger partial charge in [-0.15, -0.1) is 0 Å². The van der Waals surface area contributed by atoms with Gasteiger partial charge in [0, 0.05) is 36.0 Å². The summed E-state index contributed by atoms with van der Waals surface area (Å²) in [4.78, 5) is 4.20. The minimum absolute atomic E-state index is 0.0768. The molecule has 1 N–H and O–H groups in total. The van der Waals surface area contributed by atoms with E-state index in [1.165, 1.54) is 5.56 Å². The number of hydrogen-bond donors (Lipinski definition) is 1. The third-order valence-electron chi connectivity index (χ3n) is 3.71. The van der Waals surface area contributed by atoms with E-state index in [1.54, 1.807) is 6.20 Å². The highest BCUT2D eigenvalue weighted by Crippen LogP contribution is 2.40. The molecule has 1 aromatic carbocycles. The molecule has 0 aliphatic carbocycles. The molecule has 0 bridgehead atoms. The van der Waals surface area contributed by atoms with Gasteiger partial charge in [-0.25, -0.2) is 0 Å². The van der Waals surface area contributed by atoms with Gasteiger partial charge < -0.3 is 10.1 Å². The Balaban J connectivity index is 1.88. The molecule has 0 spiro atoms. The number of ether oxygens (including phenoxy) is 1. The number of para-hydroxylation sites is 1. The van der Waals surface area contributed by atoms with Gasteiger partial charge in [0.25, 0.3) is 0 Å². The molecule has 3 rings (SSSR count). The zero-order valence-electron chi connectivity index (χ0n) is 11.8. The monoisotopic (exact) mass is 268 g/mol. The van der Waals surface area contributed by atoms with E-state index < -0.39 is 0 Å². The molecule has 3 nitrogen and oxygen atoms in total. The van der Waals surface area contributed by atoms with E-state index in [2.05, 4.69) is 41.5 Å². The zero-order valence-corrected chi connectivity index (χ0v) is 11.8. The van der Waals surface area contributed by atoms with Crippen LogP contribution in [0.2, 0.25) is 0 Å². The number of nitrogens with zero attached hydrogens (tertiary/aromatic N) is 1. The average Bonchev–Trinajstić information content (AvgIpc) is 2.53. The van der Waals surface area contributed by atoms with Crippen LogP contribution >= 0.6 is 0 Å². The van der Waals surface area contributed by atoms with Crippen molar-refractivity contribution >= 4 is 0 Å². The summed E-state index contributed by atoms with van der Waals surface area (Å²) in [6.07, 6.45) is 5.86. The van der Waals surface area contributed by atoms with Crippen LogP contribution in [0.1, 0.15) is 43.0 Å². The van der Waals surface area contributed by atoms with Crippen molar-refractivity contribution in [3.05, 3.63) is 59.9 Å². The Hall–Kier alpha value is -1.87. The second kappa shape index (κ2) is 6.06. The molecule has 2 atom stereocenters. The molecular formula is C17H20N2O. The maximum absolute atomic E-state index is 6.15.